The maximum absolute atomic E-state index is 12.4. The van der Waals surface area contributed by atoms with E-state index in [1.165, 1.54) is 86.1 Å². The van der Waals surface area contributed by atoms with Crippen LogP contribution in [0.5, 0.6) is 0 Å². The summed E-state index contributed by atoms with van der Waals surface area (Å²) in [7, 11) is 0. The maximum atomic E-state index is 12.4. The molecule has 274 valence electrons. The molecule has 0 aliphatic rings. The largest absolute Gasteiger partial charge is 0.294 e. The summed E-state index contributed by atoms with van der Waals surface area (Å²) in [5, 5.41) is 8.11. The molecule has 7 rings (SSSR count). The molecule has 0 fully saturated rings. The van der Waals surface area contributed by atoms with Crippen LogP contribution in [0.25, 0.3) is 32.3 Å². The van der Waals surface area contributed by atoms with Gasteiger partial charge in [-0.25, -0.2) is 4.39 Å². The molecule has 0 amide bonds. The van der Waals surface area contributed by atoms with Crippen LogP contribution in [0.4, 0.5) is 4.39 Å². The van der Waals surface area contributed by atoms with Crippen molar-refractivity contribution >= 4 is 38.1 Å². The molecular formula is C51H57FO. The van der Waals surface area contributed by atoms with Crippen LogP contribution < -0.4 is 0 Å². The van der Waals surface area contributed by atoms with Gasteiger partial charge in [-0.1, -0.05) is 183 Å². The van der Waals surface area contributed by atoms with Crippen molar-refractivity contribution in [1.82, 2.24) is 0 Å². The summed E-state index contributed by atoms with van der Waals surface area (Å²) in [6.45, 7) is 17.2. The van der Waals surface area contributed by atoms with E-state index in [0.29, 0.717) is 11.5 Å². The van der Waals surface area contributed by atoms with Crippen molar-refractivity contribution in [3.05, 3.63) is 180 Å². The highest BCUT2D eigenvalue weighted by Gasteiger charge is 2.09. The summed E-state index contributed by atoms with van der Waals surface area (Å²) in [5.74, 6) is 1.78. The minimum absolute atomic E-state index is 0.0320. The van der Waals surface area contributed by atoms with Gasteiger partial charge in [0.15, 0.2) is 5.78 Å². The second-order valence-corrected chi connectivity index (χ2v) is 15.3. The summed E-state index contributed by atoms with van der Waals surface area (Å²) >= 11 is 0. The Bertz CT molecular complexity index is 2160. The zero-order valence-corrected chi connectivity index (χ0v) is 32.9. The molecule has 0 N–H and O–H groups in total. The first-order valence-electron chi connectivity index (χ1n) is 19.1. The topological polar surface area (TPSA) is 17.1 Å². The number of Topliss-reactive ketones (excluding diaryl/α,β-unsaturated/α-hetero) is 1. The molecule has 0 atom stereocenters. The normalized spacial score (nSPS) is 10.9. The van der Waals surface area contributed by atoms with E-state index >= 15 is 0 Å². The van der Waals surface area contributed by atoms with E-state index in [0.717, 1.165) is 11.8 Å². The number of hydrogen-bond acceptors (Lipinski definition) is 1. The van der Waals surface area contributed by atoms with Crippen molar-refractivity contribution in [3.63, 3.8) is 0 Å². The molecule has 0 aliphatic carbocycles. The quantitative estimate of drug-likeness (QED) is 0.151. The van der Waals surface area contributed by atoms with E-state index < -0.39 is 0 Å². The Morgan fingerprint density at radius 3 is 1.57 bits per heavy atom. The fourth-order valence-electron chi connectivity index (χ4n) is 6.26. The number of carbonyl (C=O) groups excluding carboxylic acids is 1. The molecule has 0 unspecified atom stereocenters. The number of ketones is 1. The van der Waals surface area contributed by atoms with Crippen LogP contribution in [0.1, 0.15) is 88.4 Å². The summed E-state index contributed by atoms with van der Waals surface area (Å²) in [4.78, 5) is 11.3. The lowest BCUT2D eigenvalue weighted by atomic mass is 9.97. The van der Waals surface area contributed by atoms with Crippen molar-refractivity contribution in [2.75, 3.05) is 0 Å². The van der Waals surface area contributed by atoms with Gasteiger partial charge >= 0.3 is 0 Å². The Morgan fingerprint density at radius 2 is 1.00 bits per heavy atom. The van der Waals surface area contributed by atoms with Crippen molar-refractivity contribution in [2.24, 2.45) is 17.8 Å². The van der Waals surface area contributed by atoms with Crippen LogP contribution in [0.3, 0.4) is 0 Å². The van der Waals surface area contributed by atoms with Gasteiger partial charge in [0.2, 0.25) is 0 Å². The van der Waals surface area contributed by atoms with Crippen LogP contribution in [-0.4, -0.2) is 5.78 Å². The fraction of sp³-hybridized carbons (Fsp3) is 0.275. The predicted octanol–water partition coefficient (Wildman–Crippen LogP) is 14.7. The molecule has 0 bridgehead atoms. The molecule has 2 heteroatoms. The summed E-state index contributed by atoms with van der Waals surface area (Å²) < 4.78 is 12.4. The van der Waals surface area contributed by atoms with Crippen molar-refractivity contribution in [3.8, 4) is 0 Å². The van der Waals surface area contributed by atoms with Gasteiger partial charge in [-0.2, -0.15) is 0 Å². The zero-order chi connectivity index (χ0) is 38.3. The third-order valence-corrected chi connectivity index (χ3v) is 9.06. The lowest BCUT2D eigenvalue weighted by Gasteiger charge is -2.08. The van der Waals surface area contributed by atoms with Crippen LogP contribution in [-0.2, 0) is 12.8 Å². The molecule has 0 aromatic heterocycles. The Labute approximate surface area is 317 Å². The maximum Gasteiger partial charge on any atom is 0.165 e. The predicted molar refractivity (Wildman–Crippen MR) is 229 cm³/mol. The molecule has 53 heavy (non-hydrogen) atoms. The average Bonchev–Trinajstić information content (AvgIpc) is 3.15. The zero-order valence-electron chi connectivity index (χ0n) is 32.9. The molecule has 1 nitrogen and oxygen atoms in total. The molecule has 0 aliphatic heterocycles. The third kappa shape index (κ3) is 12.8. The van der Waals surface area contributed by atoms with Gasteiger partial charge < -0.3 is 0 Å². The van der Waals surface area contributed by atoms with Gasteiger partial charge in [0.1, 0.15) is 5.82 Å². The van der Waals surface area contributed by atoms with Gasteiger partial charge in [-0.05, 0) is 104 Å². The second-order valence-electron chi connectivity index (χ2n) is 15.3. The van der Waals surface area contributed by atoms with Crippen LogP contribution in [0, 0.1) is 23.6 Å². The highest BCUT2D eigenvalue weighted by atomic mass is 19.1. The lowest BCUT2D eigenvalue weighted by Crippen LogP contribution is -2.06. The molecule has 0 saturated heterocycles. The van der Waals surface area contributed by atoms with E-state index in [4.69, 9.17) is 0 Å². The molecule has 7 aromatic carbocycles. The number of carbonyl (C=O) groups is 1. The Balaban J connectivity index is 0.000000158. The van der Waals surface area contributed by atoms with E-state index in [1.807, 2.05) is 13.8 Å². The first-order valence-corrected chi connectivity index (χ1v) is 19.1. The van der Waals surface area contributed by atoms with E-state index in [1.54, 1.807) is 0 Å². The first kappa shape index (κ1) is 40.7. The average molecular weight is 705 g/mol. The van der Waals surface area contributed by atoms with Gasteiger partial charge in [-0.3, -0.25) is 4.79 Å². The molecule has 0 radical (unpaired) electrons. The molecule has 0 spiro atoms. The number of fused-ring (bicyclic) bond motifs is 3. The van der Waals surface area contributed by atoms with E-state index in [9.17, 15) is 9.18 Å². The van der Waals surface area contributed by atoms with Crippen molar-refractivity contribution in [2.45, 2.75) is 74.1 Å². The Hall–Kier alpha value is -5.08. The molecule has 0 heterocycles. The first-order chi connectivity index (χ1) is 25.4. The number of benzene rings is 7. The van der Waals surface area contributed by atoms with Crippen LogP contribution in [0.15, 0.2) is 152 Å². The van der Waals surface area contributed by atoms with Gasteiger partial charge in [0.05, 0.1) is 0 Å². The van der Waals surface area contributed by atoms with Crippen LogP contribution >= 0.6 is 0 Å². The summed E-state index contributed by atoms with van der Waals surface area (Å²) in [6.07, 6.45) is 2.34. The smallest absolute Gasteiger partial charge is 0.165 e. The molecule has 0 saturated carbocycles. The Morgan fingerprint density at radius 1 is 0.491 bits per heavy atom. The summed E-state index contributed by atoms with van der Waals surface area (Å²) in [6, 6.07) is 51.3. The van der Waals surface area contributed by atoms with Gasteiger partial charge in [-0.15, -0.1) is 0 Å². The van der Waals surface area contributed by atoms with E-state index in [2.05, 4.69) is 169 Å². The van der Waals surface area contributed by atoms with E-state index in [-0.39, 0.29) is 17.5 Å². The van der Waals surface area contributed by atoms with Crippen LogP contribution in [0.2, 0.25) is 0 Å². The number of halogens is 1. The number of hydrogen-bond donors (Lipinski definition) is 0. The molecule has 7 aromatic rings. The fourth-order valence-corrected chi connectivity index (χ4v) is 6.26. The lowest BCUT2D eigenvalue weighted by molar-refractivity contribution is 0.0939. The number of rotatable bonds is 7. The van der Waals surface area contributed by atoms with Crippen molar-refractivity contribution < 1.29 is 9.18 Å². The van der Waals surface area contributed by atoms with Gasteiger partial charge in [0, 0.05) is 11.5 Å². The van der Waals surface area contributed by atoms with Gasteiger partial charge in [0.25, 0.3) is 0 Å². The summed E-state index contributed by atoms with van der Waals surface area (Å²) in [5.41, 5.74) is 4.90. The second kappa shape index (κ2) is 20.2. The Kier molecular flexibility index (Phi) is 15.5. The minimum atomic E-state index is -0.310. The highest BCUT2D eigenvalue weighted by molar-refractivity contribution is 5.97. The molecular weight excluding hydrogens is 648 g/mol. The SMILES string of the molecule is CC(C)C(=O)c1ccc(F)cc1.CC(C)Cc1ccc2ccccc2c1.CC(C)Cc1cccc2ccccc12.CC(C)c1ccc2ccccc2c1. The highest BCUT2D eigenvalue weighted by Crippen LogP contribution is 2.22. The minimum Gasteiger partial charge on any atom is -0.294 e. The monoisotopic (exact) mass is 704 g/mol. The third-order valence-electron chi connectivity index (χ3n) is 9.06. The standard InChI is InChI=1S/2C14H16.C13H14.C10H11FO/c1-11(2)10-13-8-5-7-12-6-3-4-9-14(12)13;1-11(2)9-12-7-8-13-5-3-4-6-14(13)10-12;1-10(2)12-8-7-11-5-3-4-6-13(11)9-12;1-7(2)10(12)8-3-5-9(11)6-4-8/h3-9,11H,10H2,1-2H3;3-8,10-11H,9H2,1-2H3;3-10H,1-2H3;3-7H,1-2H3. The van der Waals surface area contributed by atoms with Crippen molar-refractivity contribution in [1.29, 1.82) is 0 Å².